The minimum absolute atomic E-state index is 0.0190. The van der Waals surface area contributed by atoms with Gasteiger partial charge >= 0.3 is 12.0 Å². The van der Waals surface area contributed by atoms with E-state index >= 15 is 0 Å². The van der Waals surface area contributed by atoms with Crippen LogP contribution in [0.2, 0.25) is 0 Å². The Morgan fingerprint density at radius 2 is 1.95 bits per heavy atom. The maximum Gasteiger partial charge on any atom is 0.338 e. The molecule has 0 spiro atoms. The highest BCUT2D eigenvalue weighted by atomic mass is 32.1. The van der Waals surface area contributed by atoms with Gasteiger partial charge in [0.2, 0.25) is 0 Å². The molecule has 2 amide bonds. The molecule has 0 aliphatic heterocycles. The maximum absolute atomic E-state index is 11.1. The Labute approximate surface area is 131 Å². The molecule has 0 fully saturated rings. The lowest BCUT2D eigenvalue weighted by molar-refractivity contribution is 0.0698. The summed E-state index contributed by atoms with van der Waals surface area (Å²) in [5, 5.41) is 11.6. The van der Waals surface area contributed by atoms with E-state index in [0.29, 0.717) is 4.88 Å². The summed E-state index contributed by atoms with van der Waals surface area (Å²) in [5.41, 5.74) is 7.07. The van der Waals surface area contributed by atoms with E-state index in [4.69, 9.17) is 10.8 Å². The van der Waals surface area contributed by atoms with E-state index in [-0.39, 0.29) is 10.6 Å². The largest absolute Gasteiger partial charge is 0.478 e. The Bertz CT molecular complexity index is 767. The van der Waals surface area contributed by atoms with E-state index in [2.05, 4.69) is 24.1 Å². The molecule has 112 valence electrons. The Morgan fingerprint density at radius 3 is 2.50 bits per heavy atom. The van der Waals surface area contributed by atoms with Gasteiger partial charge in [0.05, 0.1) is 10.4 Å². The average molecular weight is 314 g/mol. The summed E-state index contributed by atoms with van der Waals surface area (Å²) in [6.07, 6.45) is 0.961. The van der Waals surface area contributed by atoms with Crippen LogP contribution in [0, 0.1) is 11.8 Å². The molecule has 0 radical (unpaired) electrons. The maximum atomic E-state index is 11.1. The smallest absolute Gasteiger partial charge is 0.338 e. The van der Waals surface area contributed by atoms with Crippen molar-refractivity contribution in [3.05, 3.63) is 51.9 Å². The van der Waals surface area contributed by atoms with Crippen LogP contribution in [-0.2, 0) is 6.42 Å². The predicted molar refractivity (Wildman–Crippen MR) is 86.3 cm³/mol. The van der Waals surface area contributed by atoms with Crippen LogP contribution < -0.4 is 11.1 Å². The molecule has 0 saturated carbocycles. The second-order valence-corrected chi connectivity index (χ2v) is 5.50. The Balaban J connectivity index is 2.27. The summed E-state index contributed by atoms with van der Waals surface area (Å²) >= 11 is 1.08. The number of hydrogen-bond acceptors (Lipinski definition) is 3. The lowest BCUT2D eigenvalue weighted by Gasteiger charge is -1.97. The number of thiophene rings is 1. The molecule has 4 N–H and O–H groups in total. The highest BCUT2D eigenvalue weighted by Gasteiger charge is 2.15. The molecule has 2 rings (SSSR count). The third-order valence-corrected chi connectivity index (χ3v) is 3.86. The molecule has 2 aromatic rings. The zero-order valence-electron chi connectivity index (χ0n) is 11.8. The van der Waals surface area contributed by atoms with Crippen molar-refractivity contribution < 1.29 is 14.7 Å². The Kier molecular flexibility index (Phi) is 4.81. The molecule has 5 nitrogen and oxygen atoms in total. The SMILES string of the molecule is CCc1ccc(C#Cc2cc(C(=O)O)c(NC(N)=O)s2)cc1. The van der Waals surface area contributed by atoms with Crippen molar-refractivity contribution in [3.8, 4) is 11.8 Å². The van der Waals surface area contributed by atoms with Gasteiger partial charge in [-0.1, -0.05) is 30.9 Å². The summed E-state index contributed by atoms with van der Waals surface area (Å²) in [5.74, 6) is 4.73. The molecule has 0 bridgehead atoms. The van der Waals surface area contributed by atoms with Gasteiger partial charge in [0, 0.05) is 5.56 Å². The topological polar surface area (TPSA) is 92.4 Å². The first kappa shape index (κ1) is 15.6. The highest BCUT2D eigenvalue weighted by Crippen LogP contribution is 2.27. The number of amides is 2. The molecular weight excluding hydrogens is 300 g/mol. The molecule has 0 aliphatic rings. The fraction of sp³-hybridized carbons (Fsp3) is 0.125. The van der Waals surface area contributed by atoms with Crippen LogP contribution in [0.15, 0.2) is 30.3 Å². The lowest BCUT2D eigenvalue weighted by Crippen LogP contribution is -2.19. The van der Waals surface area contributed by atoms with Gasteiger partial charge in [0.1, 0.15) is 5.00 Å². The number of hydrogen-bond donors (Lipinski definition) is 3. The average Bonchev–Trinajstić information content (AvgIpc) is 2.88. The first-order valence-electron chi connectivity index (χ1n) is 6.54. The number of primary amides is 1. The van der Waals surface area contributed by atoms with Gasteiger partial charge < -0.3 is 10.8 Å². The molecule has 22 heavy (non-hydrogen) atoms. The van der Waals surface area contributed by atoms with E-state index < -0.39 is 12.0 Å². The number of urea groups is 1. The normalized spacial score (nSPS) is 9.68. The third-order valence-electron chi connectivity index (χ3n) is 2.89. The van der Waals surface area contributed by atoms with Crippen molar-refractivity contribution >= 4 is 28.3 Å². The minimum atomic E-state index is -1.14. The van der Waals surface area contributed by atoms with Crippen molar-refractivity contribution in [2.45, 2.75) is 13.3 Å². The van der Waals surface area contributed by atoms with Crippen molar-refractivity contribution in [1.82, 2.24) is 0 Å². The van der Waals surface area contributed by atoms with Crippen molar-refractivity contribution in [3.63, 3.8) is 0 Å². The monoisotopic (exact) mass is 314 g/mol. The van der Waals surface area contributed by atoms with Crippen LogP contribution in [0.5, 0.6) is 0 Å². The van der Waals surface area contributed by atoms with Crippen LogP contribution in [0.1, 0.15) is 33.3 Å². The number of carbonyl (C=O) groups is 2. The number of anilines is 1. The van der Waals surface area contributed by atoms with E-state index in [1.807, 2.05) is 24.3 Å². The predicted octanol–water partition coefficient (Wildman–Crippen LogP) is 2.90. The Hall–Kier alpha value is -2.78. The number of carboxylic acid groups (broad SMARTS) is 1. The zero-order chi connectivity index (χ0) is 16.1. The summed E-state index contributed by atoms with van der Waals surface area (Å²) < 4.78 is 0. The van der Waals surface area contributed by atoms with Crippen LogP contribution in [-0.4, -0.2) is 17.1 Å². The quantitative estimate of drug-likeness (QED) is 0.761. The number of nitrogens with one attached hydrogen (secondary N) is 1. The van der Waals surface area contributed by atoms with Gasteiger partial charge in [0.15, 0.2) is 0 Å². The van der Waals surface area contributed by atoms with Gasteiger partial charge in [-0.2, -0.15) is 0 Å². The van der Waals surface area contributed by atoms with Crippen LogP contribution >= 0.6 is 11.3 Å². The second-order valence-electron chi connectivity index (χ2n) is 4.45. The molecular formula is C16H14N2O3S. The number of carboxylic acids is 1. The van der Waals surface area contributed by atoms with Gasteiger partial charge in [-0.05, 0) is 30.2 Å². The first-order chi connectivity index (χ1) is 10.5. The molecule has 0 saturated heterocycles. The second kappa shape index (κ2) is 6.78. The van der Waals surface area contributed by atoms with Crippen molar-refractivity contribution in [1.29, 1.82) is 0 Å². The van der Waals surface area contributed by atoms with Gasteiger partial charge in [-0.25, -0.2) is 9.59 Å². The van der Waals surface area contributed by atoms with Gasteiger partial charge in [-0.3, -0.25) is 5.32 Å². The number of rotatable bonds is 3. The van der Waals surface area contributed by atoms with E-state index in [9.17, 15) is 9.59 Å². The molecule has 0 unspecified atom stereocenters. The van der Waals surface area contributed by atoms with E-state index in [1.165, 1.54) is 11.6 Å². The molecule has 6 heteroatoms. The molecule has 1 aromatic carbocycles. The highest BCUT2D eigenvalue weighted by molar-refractivity contribution is 7.17. The van der Waals surface area contributed by atoms with E-state index in [0.717, 1.165) is 23.3 Å². The molecule has 1 aromatic heterocycles. The summed E-state index contributed by atoms with van der Waals surface area (Å²) in [7, 11) is 0. The van der Waals surface area contributed by atoms with Gasteiger partial charge in [0.25, 0.3) is 0 Å². The minimum Gasteiger partial charge on any atom is -0.478 e. The number of benzene rings is 1. The van der Waals surface area contributed by atoms with Crippen LogP contribution in [0.3, 0.4) is 0 Å². The van der Waals surface area contributed by atoms with Crippen molar-refractivity contribution in [2.24, 2.45) is 5.73 Å². The molecule has 0 aliphatic carbocycles. The number of aromatic carboxylic acids is 1. The first-order valence-corrected chi connectivity index (χ1v) is 7.35. The fourth-order valence-electron chi connectivity index (χ4n) is 1.77. The van der Waals surface area contributed by atoms with Crippen LogP contribution in [0.4, 0.5) is 9.80 Å². The molecule has 0 atom stereocenters. The van der Waals surface area contributed by atoms with Crippen molar-refractivity contribution in [2.75, 3.05) is 5.32 Å². The Morgan fingerprint density at radius 1 is 1.27 bits per heavy atom. The summed E-state index contributed by atoms with van der Waals surface area (Å²) in [6, 6.07) is 8.45. The summed E-state index contributed by atoms with van der Waals surface area (Å²) in [6.45, 7) is 2.08. The number of aryl methyl sites for hydroxylation is 1. The summed E-state index contributed by atoms with van der Waals surface area (Å²) in [4.78, 5) is 22.6. The number of carbonyl (C=O) groups excluding carboxylic acids is 1. The van der Waals surface area contributed by atoms with Gasteiger partial charge in [-0.15, -0.1) is 11.3 Å². The lowest BCUT2D eigenvalue weighted by atomic mass is 10.1. The zero-order valence-corrected chi connectivity index (χ0v) is 12.7. The third kappa shape index (κ3) is 3.87. The standard InChI is InChI=1S/C16H14N2O3S/c1-2-10-3-5-11(6-4-10)7-8-12-9-13(15(19)20)14(22-12)18-16(17)21/h3-6,9H,2H2,1H3,(H,19,20)(H3,17,18,21). The van der Waals surface area contributed by atoms with E-state index in [1.54, 1.807) is 0 Å². The fourth-order valence-corrected chi connectivity index (χ4v) is 2.68. The molecule has 1 heterocycles. The van der Waals surface area contributed by atoms with Crippen LogP contribution in [0.25, 0.3) is 0 Å². The number of nitrogens with two attached hydrogens (primary N) is 1.